The number of rotatable bonds is 0. The summed E-state index contributed by atoms with van der Waals surface area (Å²) in [5.41, 5.74) is 3.01. The van der Waals surface area contributed by atoms with Gasteiger partial charge in [-0.25, -0.2) is 0 Å². The quantitative estimate of drug-likeness (QED) is 0.507. The van der Waals surface area contributed by atoms with Crippen LogP contribution in [-0.4, -0.2) is 0 Å². The molecule has 0 heterocycles. The molecule has 0 bridgehead atoms. The van der Waals surface area contributed by atoms with Crippen LogP contribution >= 0.6 is 48.0 Å². The zero-order valence-corrected chi connectivity index (χ0v) is 13.2. The van der Waals surface area contributed by atoms with E-state index in [1.54, 1.807) is 28.0 Å². The molecular formula is C7H11I2Zr. The van der Waals surface area contributed by atoms with Crippen molar-refractivity contribution >= 4 is 48.0 Å². The minimum absolute atomic E-state index is 0. The van der Waals surface area contributed by atoms with E-state index in [1.165, 1.54) is 17.6 Å². The van der Waals surface area contributed by atoms with Crippen molar-refractivity contribution in [3.63, 3.8) is 0 Å². The average molecular weight is 440 g/mol. The molecule has 0 aliphatic heterocycles. The molecule has 0 N–H and O–H groups in total. The normalized spacial score (nSPS) is 15.5. The van der Waals surface area contributed by atoms with E-state index in [2.05, 4.69) is 19.9 Å². The molecule has 3 heteroatoms. The molecule has 57 valence electrons. The van der Waals surface area contributed by atoms with Gasteiger partial charge in [0.2, 0.25) is 0 Å². The Balaban J connectivity index is 0. The Kier molecular flexibility index (Phi) is 9.12. The van der Waals surface area contributed by atoms with E-state index >= 15 is 0 Å². The summed E-state index contributed by atoms with van der Waals surface area (Å²) in [4.78, 5) is 0. The van der Waals surface area contributed by atoms with Gasteiger partial charge in [0.1, 0.15) is 0 Å². The molecule has 0 aromatic carbocycles. The topological polar surface area (TPSA) is 0 Å². The van der Waals surface area contributed by atoms with Crippen LogP contribution in [0.25, 0.3) is 0 Å². The van der Waals surface area contributed by atoms with Crippen LogP contribution < -0.4 is 0 Å². The van der Waals surface area contributed by atoms with Crippen molar-refractivity contribution in [3.05, 3.63) is 20.5 Å². The zero-order chi connectivity index (χ0) is 6.15. The molecule has 0 aromatic rings. The SMILES string of the molecule is CC1=CC[C]([Zr])=C1C.I.I. The molecule has 1 aliphatic carbocycles. The molecule has 0 unspecified atom stereocenters. The van der Waals surface area contributed by atoms with Crippen molar-refractivity contribution in [3.8, 4) is 0 Å². The average Bonchev–Trinajstić information content (AvgIpc) is 1.98. The van der Waals surface area contributed by atoms with Gasteiger partial charge in [0.25, 0.3) is 0 Å². The summed E-state index contributed by atoms with van der Waals surface area (Å²) in [7, 11) is 0. The number of hydrogen-bond donors (Lipinski definition) is 0. The van der Waals surface area contributed by atoms with E-state index in [4.69, 9.17) is 0 Å². The second-order valence-electron chi connectivity index (χ2n) is 2.19. The summed E-state index contributed by atoms with van der Waals surface area (Å²) in [6.07, 6.45) is 3.52. The molecule has 0 atom stereocenters. The maximum atomic E-state index is 2.30. The molecule has 1 rings (SSSR count). The smallest absolute Gasteiger partial charge is 0.107 e. The van der Waals surface area contributed by atoms with Crippen LogP contribution in [0.3, 0.4) is 0 Å². The fourth-order valence-corrected chi connectivity index (χ4v) is 1.53. The molecule has 0 spiro atoms. The van der Waals surface area contributed by atoms with Crippen molar-refractivity contribution in [2.45, 2.75) is 20.3 Å². The molecule has 10 heavy (non-hydrogen) atoms. The Labute approximate surface area is 112 Å². The standard InChI is InChI=1S/C7H9.2HI.Zr/c1-6-4-3-5-7(6)2;;;/h4H,3H2,1-2H3;2*1H;. The first-order valence-corrected chi connectivity index (χ1v) is 4.03. The van der Waals surface area contributed by atoms with Crippen LogP contribution in [0.4, 0.5) is 0 Å². The Morgan fingerprint density at radius 1 is 1.30 bits per heavy atom. The van der Waals surface area contributed by atoms with Gasteiger partial charge in [-0.3, -0.25) is 0 Å². The predicted octanol–water partition coefficient (Wildman–Crippen LogP) is 3.39. The number of hydrogen-bond acceptors (Lipinski definition) is 0. The Morgan fingerprint density at radius 3 is 1.90 bits per heavy atom. The van der Waals surface area contributed by atoms with Crippen LogP contribution in [0.1, 0.15) is 20.3 Å². The molecule has 0 amide bonds. The number of halogens is 2. The molecule has 0 radical (unpaired) electrons. The third-order valence-corrected chi connectivity index (χ3v) is 3.08. The summed E-state index contributed by atoms with van der Waals surface area (Å²) < 4.78 is 1.62. The second kappa shape index (κ2) is 6.35. The van der Waals surface area contributed by atoms with Gasteiger partial charge in [0.15, 0.2) is 0 Å². The molecule has 0 aromatic heterocycles. The fraction of sp³-hybridized carbons (Fsp3) is 0.429. The Hall–Kier alpha value is 1.82. The van der Waals surface area contributed by atoms with E-state index in [-0.39, 0.29) is 48.0 Å². The molecule has 0 saturated carbocycles. The zero-order valence-electron chi connectivity index (χ0n) is 6.10. The van der Waals surface area contributed by atoms with E-state index < -0.39 is 0 Å². The van der Waals surface area contributed by atoms with Crippen molar-refractivity contribution in [2.24, 2.45) is 0 Å². The summed E-state index contributed by atoms with van der Waals surface area (Å²) in [5.74, 6) is 0. The predicted molar refractivity (Wildman–Crippen MR) is 61.9 cm³/mol. The minimum atomic E-state index is 0. The van der Waals surface area contributed by atoms with Crippen LogP contribution in [0, 0.1) is 0 Å². The van der Waals surface area contributed by atoms with Crippen LogP contribution in [0.15, 0.2) is 20.5 Å². The van der Waals surface area contributed by atoms with E-state index in [0.29, 0.717) is 0 Å². The molecule has 0 fully saturated rings. The van der Waals surface area contributed by atoms with E-state index in [0.717, 1.165) is 0 Å². The maximum Gasteiger partial charge on any atom is -0.107 e. The molecule has 1 aliphatic rings. The Morgan fingerprint density at radius 2 is 1.80 bits per heavy atom. The van der Waals surface area contributed by atoms with Crippen molar-refractivity contribution in [1.29, 1.82) is 0 Å². The van der Waals surface area contributed by atoms with Gasteiger partial charge in [-0.1, -0.05) is 0 Å². The van der Waals surface area contributed by atoms with Crippen LogP contribution in [0.5, 0.6) is 0 Å². The van der Waals surface area contributed by atoms with Crippen LogP contribution in [-0.2, 0) is 24.7 Å². The summed E-state index contributed by atoms with van der Waals surface area (Å²) in [6, 6.07) is 0. The Bertz CT molecular complexity index is 165. The van der Waals surface area contributed by atoms with Crippen LogP contribution in [0.2, 0.25) is 0 Å². The van der Waals surface area contributed by atoms with Gasteiger partial charge in [-0.2, -0.15) is 0 Å². The summed E-state index contributed by atoms with van der Waals surface area (Å²) >= 11 is 1.58. The van der Waals surface area contributed by atoms with Gasteiger partial charge in [-0.15, -0.1) is 48.0 Å². The van der Waals surface area contributed by atoms with Crippen molar-refractivity contribution in [1.82, 2.24) is 0 Å². The van der Waals surface area contributed by atoms with E-state index in [1.807, 2.05) is 0 Å². The first-order valence-electron chi connectivity index (χ1n) is 2.80. The number of allylic oxidation sites excluding steroid dienone is 4. The van der Waals surface area contributed by atoms with E-state index in [9.17, 15) is 0 Å². The second-order valence-corrected chi connectivity index (χ2v) is 3.68. The third kappa shape index (κ3) is 3.48. The third-order valence-electron chi connectivity index (χ3n) is 1.66. The van der Waals surface area contributed by atoms with Gasteiger partial charge in [-0.05, 0) is 0 Å². The van der Waals surface area contributed by atoms with Gasteiger partial charge >= 0.3 is 65.5 Å². The monoisotopic (exact) mass is 439 g/mol. The van der Waals surface area contributed by atoms with Gasteiger partial charge in [0.05, 0.1) is 0 Å². The van der Waals surface area contributed by atoms with Gasteiger partial charge in [0, 0.05) is 0 Å². The first kappa shape index (κ1) is 14.4. The summed E-state index contributed by atoms with van der Waals surface area (Å²) in [5, 5.41) is 0. The minimum Gasteiger partial charge on any atom is -0.107 e. The van der Waals surface area contributed by atoms with Gasteiger partial charge < -0.3 is 0 Å². The summed E-state index contributed by atoms with van der Waals surface area (Å²) in [6.45, 7) is 4.40. The molecule has 0 saturated heterocycles. The van der Waals surface area contributed by atoms with Crippen molar-refractivity contribution < 1.29 is 24.7 Å². The fourth-order valence-electron chi connectivity index (χ4n) is 0.799. The molecular weight excluding hydrogens is 429 g/mol. The van der Waals surface area contributed by atoms with Crippen molar-refractivity contribution in [2.75, 3.05) is 0 Å². The first-order chi connectivity index (χ1) is 3.72. The maximum absolute atomic E-state index is 2.30. The largest absolute Gasteiger partial charge is 0.107 e. The molecule has 0 nitrogen and oxygen atoms in total.